The number of sulfonamides is 1. The third-order valence-corrected chi connectivity index (χ3v) is 6.34. The number of ether oxygens (including phenoxy) is 3. The van der Waals surface area contributed by atoms with E-state index in [1.807, 2.05) is 0 Å². The summed E-state index contributed by atoms with van der Waals surface area (Å²) in [6.07, 6.45) is 1.92. The summed E-state index contributed by atoms with van der Waals surface area (Å²) in [5.74, 6) is -1.75. The van der Waals surface area contributed by atoms with E-state index in [1.54, 1.807) is 31.2 Å². The lowest BCUT2D eigenvalue weighted by atomic mass is 9.94. The van der Waals surface area contributed by atoms with Crippen molar-refractivity contribution in [3.8, 4) is 0 Å². The first kappa shape index (κ1) is 19.2. The van der Waals surface area contributed by atoms with Gasteiger partial charge >= 0.3 is 5.97 Å². The average molecular weight is 402 g/mol. The van der Waals surface area contributed by atoms with Crippen molar-refractivity contribution in [2.75, 3.05) is 24.5 Å². The Morgan fingerprint density at radius 2 is 2.04 bits per heavy atom. The van der Waals surface area contributed by atoms with Crippen molar-refractivity contribution >= 4 is 33.3 Å². The van der Waals surface area contributed by atoms with E-state index < -0.39 is 27.0 Å². The molecule has 1 N–H and O–H groups in total. The van der Waals surface area contributed by atoms with Crippen molar-refractivity contribution in [2.24, 2.45) is 0 Å². The zero-order valence-electron chi connectivity index (χ0n) is 14.2. The Morgan fingerprint density at radius 1 is 1.35 bits per heavy atom. The first-order valence-corrected chi connectivity index (χ1v) is 10.2. The monoisotopic (exact) mass is 401 g/mol. The Labute approximate surface area is 157 Å². The molecule has 1 aromatic carbocycles. The molecule has 0 aromatic heterocycles. The molecule has 1 spiro atoms. The van der Waals surface area contributed by atoms with Gasteiger partial charge in [-0.15, -0.1) is 0 Å². The van der Waals surface area contributed by atoms with E-state index in [9.17, 15) is 13.2 Å². The summed E-state index contributed by atoms with van der Waals surface area (Å²) in [5, 5.41) is -0.816. The smallest absolute Gasteiger partial charge is 0.335 e. The van der Waals surface area contributed by atoms with Crippen LogP contribution in [0, 0.1) is 0 Å². The van der Waals surface area contributed by atoms with Gasteiger partial charge in [-0.1, -0.05) is 23.7 Å². The van der Waals surface area contributed by atoms with Gasteiger partial charge in [-0.05, 0) is 31.6 Å². The minimum absolute atomic E-state index is 0.0135. The number of benzene rings is 1. The van der Waals surface area contributed by atoms with E-state index in [4.69, 9.17) is 25.8 Å². The van der Waals surface area contributed by atoms with Crippen LogP contribution in [0.25, 0.3) is 0 Å². The second-order valence-electron chi connectivity index (χ2n) is 5.98. The van der Waals surface area contributed by atoms with Crippen LogP contribution in [0.2, 0.25) is 5.02 Å². The normalized spacial score (nSPS) is 22.1. The summed E-state index contributed by atoms with van der Waals surface area (Å²) < 4.78 is 44.6. The molecular weight excluding hydrogens is 382 g/mol. The molecular formula is C17H20ClNO6S. The molecule has 7 nitrogen and oxygen atoms in total. The number of hydrogen-bond donors (Lipinski definition) is 1. The zero-order valence-corrected chi connectivity index (χ0v) is 15.8. The van der Waals surface area contributed by atoms with Gasteiger partial charge < -0.3 is 14.2 Å². The molecule has 3 rings (SSSR count). The van der Waals surface area contributed by atoms with Crippen LogP contribution in [0.1, 0.15) is 19.8 Å². The fourth-order valence-corrected chi connectivity index (χ4v) is 4.88. The van der Waals surface area contributed by atoms with E-state index in [1.165, 1.54) is 6.08 Å². The fourth-order valence-electron chi connectivity index (χ4n) is 3.08. The molecule has 2 aliphatic rings. The van der Waals surface area contributed by atoms with Crippen molar-refractivity contribution in [1.29, 1.82) is 0 Å². The molecule has 26 heavy (non-hydrogen) atoms. The summed E-state index contributed by atoms with van der Waals surface area (Å²) in [6.45, 7) is 2.57. The number of para-hydroxylation sites is 1. The van der Waals surface area contributed by atoms with E-state index in [0.29, 0.717) is 19.6 Å². The van der Waals surface area contributed by atoms with Crippen LogP contribution < -0.4 is 4.72 Å². The van der Waals surface area contributed by atoms with Gasteiger partial charge in [0, 0.05) is 6.42 Å². The quantitative estimate of drug-likeness (QED) is 0.762. The highest BCUT2D eigenvalue weighted by Crippen LogP contribution is 2.38. The predicted octanol–water partition coefficient (Wildman–Crippen LogP) is 2.48. The molecule has 0 bridgehead atoms. The average Bonchev–Trinajstić information content (AvgIpc) is 3.04. The summed E-state index contributed by atoms with van der Waals surface area (Å²) in [5.41, 5.74) is 0.269. The van der Waals surface area contributed by atoms with Crippen LogP contribution in [-0.4, -0.2) is 45.2 Å². The molecule has 0 saturated carbocycles. The number of hydrogen-bond acceptors (Lipinski definition) is 6. The first-order valence-electron chi connectivity index (χ1n) is 8.31. The van der Waals surface area contributed by atoms with E-state index in [0.717, 1.165) is 0 Å². The van der Waals surface area contributed by atoms with Gasteiger partial charge in [-0.25, -0.2) is 13.2 Å². The summed E-state index contributed by atoms with van der Waals surface area (Å²) >= 11 is 6.04. The molecule has 0 amide bonds. The largest absolute Gasteiger partial charge is 0.463 e. The molecule has 1 aromatic rings. The molecule has 0 radical (unpaired) electrons. The molecule has 1 fully saturated rings. The van der Waals surface area contributed by atoms with Crippen LogP contribution >= 0.6 is 11.6 Å². The predicted molar refractivity (Wildman–Crippen MR) is 96.4 cm³/mol. The minimum Gasteiger partial charge on any atom is -0.463 e. The Morgan fingerprint density at radius 3 is 2.69 bits per heavy atom. The number of rotatable bonds is 5. The van der Waals surface area contributed by atoms with E-state index in [2.05, 4.69) is 4.72 Å². The lowest BCUT2D eigenvalue weighted by molar-refractivity contribution is -0.143. The van der Waals surface area contributed by atoms with Crippen LogP contribution in [0.15, 0.2) is 35.9 Å². The van der Waals surface area contributed by atoms with Gasteiger partial charge in [0.15, 0.2) is 5.79 Å². The third-order valence-electron chi connectivity index (χ3n) is 4.27. The number of anilines is 1. The highest BCUT2D eigenvalue weighted by molar-refractivity contribution is 7.93. The van der Waals surface area contributed by atoms with Gasteiger partial charge in [0.1, 0.15) is 5.25 Å². The SMILES string of the molecule is CCOC(=O)C1=CC2(CCC1S(=O)(=O)Nc1ccccc1Cl)OCCO2. The molecule has 1 unspecified atom stereocenters. The Hall–Kier alpha value is -1.61. The maximum atomic E-state index is 12.9. The highest BCUT2D eigenvalue weighted by Gasteiger charge is 2.46. The van der Waals surface area contributed by atoms with Crippen LogP contribution in [0.5, 0.6) is 0 Å². The van der Waals surface area contributed by atoms with Gasteiger partial charge in [0.25, 0.3) is 0 Å². The van der Waals surface area contributed by atoms with Crippen LogP contribution in [0.4, 0.5) is 5.69 Å². The second kappa shape index (κ2) is 7.56. The van der Waals surface area contributed by atoms with Gasteiger partial charge in [-0.2, -0.15) is 0 Å². The van der Waals surface area contributed by atoms with E-state index >= 15 is 0 Å². The van der Waals surface area contributed by atoms with Crippen LogP contribution in [-0.2, 0) is 29.0 Å². The topological polar surface area (TPSA) is 90.9 Å². The summed E-state index contributed by atoms with van der Waals surface area (Å²) in [7, 11) is -3.93. The standard InChI is InChI=1S/C17H20ClNO6S/c1-2-23-16(20)12-11-17(24-9-10-25-17)8-7-15(12)26(21,22)19-14-6-4-3-5-13(14)18/h3-6,11,15,19H,2,7-10H2,1H3. The fraction of sp³-hybridized carbons (Fsp3) is 0.471. The van der Waals surface area contributed by atoms with Gasteiger partial charge in [0.2, 0.25) is 10.0 Å². The summed E-state index contributed by atoms with van der Waals surface area (Å²) in [4.78, 5) is 12.4. The molecule has 142 valence electrons. The highest BCUT2D eigenvalue weighted by atomic mass is 35.5. The number of halogens is 1. The van der Waals surface area contributed by atoms with Crippen molar-refractivity contribution in [1.82, 2.24) is 0 Å². The number of carbonyl (C=O) groups is 1. The zero-order chi connectivity index (χ0) is 18.8. The number of nitrogens with one attached hydrogen (secondary N) is 1. The maximum absolute atomic E-state index is 12.9. The van der Waals surface area contributed by atoms with Gasteiger partial charge in [-0.3, -0.25) is 4.72 Å². The van der Waals surface area contributed by atoms with Crippen molar-refractivity contribution in [2.45, 2.75) is 30.8 Å². The van der Waals surface area contributed by atoms with E-state index in [-0.39, 0.29) is 29.3 Å². The van der Waals surface area contributed by atoms with Crippen molar-refractivity contribution in [3.63, 3.8) is 0 Å². The number of carbonyl (C=O) groups excluding carboxylic acids is 1. The lowest BCUT2D eigenvalue weighted by Gasteiger charge is -2.33. The first-order chi connectivity index (χ1) is 12.4. The van der Waals surface area contributed by atoms with Crippen molar-refractivity contribution < 1.29 is 27.4 Å². The van der Waals surface area contributed by atoms with Gasteiger partial charge in [0.05, 0.1) is 36.1 Å². The lowest BCUT2D eigenvalue weighted by Crippen LogP contribution is -2.42. The summed E-state index contributed by atoms with van der Waals surface area (Å²) in [6, 6.07) is 6.50. The molecule has 1 atom stereocenters. The van der Waals surface area contributed by atoms with Crippen molar-refractivity contribution in [3.05, 3.63) is 40.9 Å². The molecule has 1 aliphatic carbocycles. The minimum atomic E-state index is -3.93. The molecule has 1 aliphatic heterocycles. The maximum Gasteiger partial charge on any atom is 0.335 e. The molecule has 1 heterocycles. The Balaban J connectivity index is 1.93. The molecule has 9 heteroatoms. The number of esters is 1. The Bertz CT molecular complexity index is 816. The second-order valence-corrected chi connectivity index (χ2v) is 8.25. The third kappa shape index (κ3) is 3.88. The van der Waals surface area contributed by atoms with Crippen LogP contribution in [0.3, 0.4) is 0 Å². The Kier molecular flexibility index (Phi) is 5.57. The molecule has 1 saturated heterocycles.